The second-order valence-corrected chi connectivity index (χ2v) is 9.60. The molecule has 0 radical (unpaired) electrons. The van der Waals surface area contributed by atoms with Crippen LogP contribution < -0.4 is 9.64 Å². The third-order valence-electron chi connectivity index (χ3n) is 5.36. The van der Waals surface area contributed by atoms with Crippen LogP contribution in [0.3, 0.4) is 0 Å². The van der Waals surface area contributed by atoms with Crippen molar-refractivity contribution in [1.29, 1.82) is 0 Å². The third-order valence-corrected chi connectivity index (χ3v) is 7.26. The van der Waals surface area contributed by atoms with Crippen LogP contribution in [0.4, 0.5) is 10.2 Å². The molecule has 0 atom stereocenters. The van der Waals surface area contributed by atoms with Gasteiger partial charge in [0.05, 0.1) is 17.7 Å². The van der Waals surface area contributed by atoms with E-state index in [2.05, 4.69) is 15.1 Å². The number of ether oxygens (including phenoxy) is 1. The Morgan fingerprint density at radius 3 is 2.25 bits per heavy atom. The zero-order valence-electron chi connectivity index (χ0n) is 18.4. The van der Waals surface area contributed by atoms with Gasteiger partial charge in [0, 0.05) is 37.9 Å². The van der Waals surface area contributed by atoms with E-state index in [1.807, 2.05) is 37.8 Å². The first-order chi connectivity index (χ1) is 15.2. The maximum absolute atomic E-state index is 14.0. The van der Waals surface area contributed by atoms with E-state index in [0.29, 0.717) is 30.5 Å². The molecular formula is C21H25FN6O3S. The summed E-state index contributed by atoms with van der Waals surface area (Å²) in [6, 6.07) is 7.51. The highest BCUT2D eigenvalue weighted by Gasteiger charge is 2.30. The van der Waals surface area contributed by atoms with Crippen LogP contribution in [0.2, 0.25) is 0 Å². The smallest absolute Gasteiger partial charge is 0.243 e. The fourth-order valence-electron chi connectivity index (χ4n) is 3.78. The number of rotatable bonds is 5. The largest absolute Gasteiger partial charge is 0.494 e. The van der Waals surface area contributed by atoms with Crippen LogP contribution >= 0.6 is 0 Å². The number of anilines is 1. The predicted molar refractivity (Wildman–Crippen MR) is 117 cm³/mol. The molecule has 1 aliphatic heterocycles. The number of halogens is 1. The summed E-state index contributed by atoms with van der Waals surface area (Å²) >= 11 is 0. The summed E-state index contributed by atoms with van der Waals surface area (Å²) in [5.74, 6) is 1.29. The van der Waals surface area contributed by atoms with Gasteiger partial charge in [-0.05, 0) is 45.0 Å². The molecule has 0 amide bonds. The van der Waals surface area contributed by atoms with Gasteiger partial charge in [0.25, 0.3) is 0 Å². The molecule has 3 heterocycles. The molecule has 3 aromatic rings. The number of aryl methyl sites for hydroxylation is 3. The highest BCUT2D eigenvalue weighted by molar-refractivity contribution is 7.89. The maximum Gasteiger partial charge on any atom is 0.243 e. The van der Waals surface area contributed by atoms with E-state index < -0.39 is 15.8 Å². The summed E-state index contributed by atoms with van der Waals surface area (Å²) in [6.07, 6.45) is 0. The van der Waals surface area contributed by atoms with Crippen LogP contribution in [0.5, 0.6) is 5.75 Å². The number of benzene rings is 1. The van der Waals surface area contributed by atoms with Gasteiger partial charge < -0.3 is 9.64 Å². The van der Waals surface area contributed by atoms with E-state index in [0.717, 1.165) is 17.5 Å². The summed E-state index contributed by atoms with van der Waals surface area (Å²) in [5, 5.41) is 4.49. The molecular weight excluding hydrogens is 435 g/mol. The van der Waals surface area contributed by atoms with Gasteiger partial charge in [0.1, 0.15) is 11.6 Å². The van der Waals surface area contributed by atoms with Gasteiger partial charge in [-0.1, -0.05) is 0 Å². The molecule has 0 spiro atoms. The topological polar surface area (TPSA) is 93.5 Å². The predicted octanol–water partition coefficient (Wildman–Crippen LogP) is 2.25. The molecule has 1 aliphatic rings. The number of hydrogen-bond donors (Lipinski definition) is 0. The van der Waals surface area contributed by atoms with Crippen molar-refractivity contribution in [3.05, 3.63) is 53.4 Å². The lowest BCUT2D eigenvalue weighted by Crippen LogP contribution is -2.49. The lowest BCUT2D eigenvalue weighted by atomic mass is 10.3. The minimum absolute atomic E-state index is 0.00585. The van der Waals surface area contributed by atoms with Crippen molar-refractivity contribution in [2.45, 2.75) is 25.7 Å². The molecule has 11 heteroatoms. The van der Waals surface area contributed by atoms with E-state index in [4.69, 9.17) is 4.74 Å². The van der Waals surface area contributed by atoms with Gasteiger partial charge in [0.15, 0.2) is 17.4 Å². The number of piperazine rings is 1. The van der Waals surface area contributed by atoms with E-state index in [1.54, 1.807) is 4.68 Å². The van der Waals surface area contributed by atoms with Crippen molar-refractivity contribution >= 4 is 15.8 Å². The van der Waals surface area contributed by atoms with Crippen LogP contribution in [-0.2, 0) is 10.0 Å². The summed E-state index contributed by atoms with van der Waals surface area (Å²) in [7, 11) is -2.48. The number of aromatic nitrogens is 4. The summed E-state index contributed by atoms with van der Waals surface area (Å²) in [5.41, 5.74) is 1.86. The minimum atomic E-state index is -3.81. The van der Waals surface area contributed by atoms with Crippen LogP contribution in [0.25, 0.3) is 5.82 Å². The van der Waals surface area contributed by atoms with Crippen LogP contribution in [0.1, 0.15) is 17.2 Å². The molecule has 4 rings (SSSR count). The van der Waals surface area contributed by atoms with Crippen LogP contribution in [0, 0.1) is 26.6 Å². The van der Waals surface area contributed by atoms with E-state index in [1.165, 1.54) is 23.5 Å². The Labute approximate surface area is 186 Å². The Balaban J connectivity index is 1.53. The van der Waals surface area contributed by atoms with E-state index in [9.17, 15) is 12.8 Å². The number of sulfonamides is 1. The van der Waals surface area contributed by atoms with Crippen molar-refractivity contribution in [2.24, 2.45) is 0 Å². The second kappa shape index (κ2) is 8.47. The number of methoxy groups -OCH3 is 1. The van der Waals surface area contributed by atoms with E-state index >= 15 is 0 Å². The molecule has 1 fully saturated rings. The van der Waals surface area contributed by atoms with Crippen molar-refractivity contribution in [1.82, 2.24) is 24.1 Å². The highest BCUT2D eigenvalue weighted by Crippen LogP contribution is 2.25. The molecule has 0 N–H and O–H groups in total. The normalized spacial score (nSPS) is 15.2. The second-order valence-electron chi connectivity index (χ2n) is 7.66. The zero-order chi connectivity index (χ0) is 23.0. The molecule has 9 nitrogen and oxygen atoms in total. The summed E-state index contributed by atoms with van der Waals surface area (Å²) in [4.78, 5) is 11.0. The van der Waals surface area contributed by atoms with Gasteiger partial charge in [-0.3, -0.25) is 0 Å². The zero-order valence-corrected chi connectivity index (χ0v) is 19.2. The molecule has 1 saturated heterocycles. The third kappa shape index (κ3) is 4.17. The van der Waals surface area contributed by atoms with Crippen molar-refractivity contribution in [2.75, 3.05) is 38.2 Å². The Hall–Kier alpha value is -3.05. The highest BCUT2D eigenvalue weighted by atomic mass is 32.2. The fraction of sp³-hybridized carbons (Fsp3) is 0.381. The van der Waals surface area contributed by atoms with Gasteiger partial charge in [-0.2, -0.15) is 9.40 Å². The quantitative estimate of drug-likeness (QED) is 0.576. The molecule has 0 aliphatic carbocycles. The molecule has 0 bridgehead atoms. The first-order valence-electron chi connectivity index (χ1n) is 10.2. The minimum Gasteiger partial charge on any atom is -0.494 e. The van der Waals surface area contributed by atoms with Crippen molar-refractivity contribution < 1.29 is 17.5 Å². The van der Waals surface area contributed by atoms with Crippen molar-refractivity contribution in [3.63, 3.8) is 0 Å². The van der Waals surface area contributed by atoms with Crippen molar-refractivity contribution in [3.8, 4) is 11.6 Å². The summed E-state index contributed by atoms with van der Waals surface area (Å²) < 4.78 is 48.0. The maximum atomic E-state index is 14.0. The molecule has 2 aromatic heterocycles. The van der Waals surface area contributed by atoms with Crippen LogP contribution in [-0.4, -0.2) is 65.8 Å². The van der Waals surface area contributed by atoms with Gasteiger partial charge in [-0.25, -0.2) is 27.5 Å². The molecule has 170 valence electrons. The Kier molecular flexibility index (Phi) is 5.87. The van der Waals surface area contributed by atoms with Gasteiger partial charge in [0.2, 0.25) is 10.0 Å². The average Bonchev–Trinajstić information content (AvgIpc) is 3.11. The SMILES string of the molecule is COc1ccc(S(=O)(=O)N2CCN(c3cc(-n4nc(C)cc4C)nc(C)n3)CC2)cc1F. The first-order valence-corrected chi connectivity index (χ1v) is 11.6. The molecule has 0 unspecified atom stereocenters. The monoisotopic (exact) mass is 460 g/mol. The Morgan fingerprint density at radius 2 is 1.66 bits per heavy atom. The summed E-state index contributed by atoms with van der Waals surface area (Å²) in [6.45, 7) is 7.12. The fourth-order valence-corrected chi connectivity index (χ4v) is 5.22. The Morgan fingerprint density at radius 1 is 0.969 bits per heavy atom. The standard InChI is InChI=1S/C21H25FN6O3S/c1-14-11-15(2)28(25-14)21-13-20(23-16(3)24-21)26-7-9-27(10-8-26)32(29,30)17-5-6-19(31-4)18(22)12-17/h5-6,11-13H,7-10H2,1-4H3. The van der Waals surface area contributed by atoms with Gasteiger partial charge in [-0.15, -0.1) is 0 Å². The molecule has 32 heavy (non-hydrogen) atoms. The lowest BCUT2D eigenvalue weighted by molar-refractivity contribution is 0.379. The molecule has 1 aromatic carbocycles. The van der Waals surface area contributed by atoms with Gasteiger partial charge >= 0.3 is 0 Å². The Bertz CT molecular complexity index is 1250. The van der Waals surface area contributed by atoms with Crippen LogP contribution in [0.15, 0.2) is 35.2 Å². The molecule has 0 saturated carbocycles. The van der Waals surface area contributed by atoms with E-state index in [-0.39, 0.29) is 23.7 Å². The first kappa shape index (κ1) is 22.2. The number of hydrogen-bond acceptors (Lipinski definition) is 7. The number of nitrogens with zero attached hydrogens (tertiary/aromatic N) is 6. The lowest BCUT2D eigenvalue weighted by Gasteiger charge is -2.34. The average molecular weight is 461 g/mol.